The summed E-state index contributed by atoms with van der Waals surface area (Å²) >= 11 is 1.66. The Morgan fingerprint density at radius 2 is 2.10 bits per heavy atom. The highest BCUT2D eigenvalue weighted by Crippen LogP contribution is 2.14. The van der Waals surface area contributed by atoms with E-state index in [0.29, 0.717) is 5.75 Å². The van der Waals surface area contributed by atoms with Gasteiger partial charge in [0.05, 0.1) is 6.21 Å². The Morgan fingerprint density at radius 1 is 1.30 bits per heavy atom. The molecule has 2 aromatic rings. The zero-order chi connectivity index (χ0) is 14.2. The summed E-state index contributed by atoms with van der Waals surface area (Å²) in [6, 6.07) is 13.2. The number of hydrogen-bond acceptors (Lipinski definition) is 4. The molecule has 1 amide bonds. The lowest BCUT2D eigenvalue weighted by atomic mass is 10.3. The maximum Gasteiger partial charge on any atom is 0.277 e. The van der Waals surface area contributed by atoms with Crippen molar-refractivity contribution in [3.63, 3.8) is 0 Å². The second kappa shape index (κ2) is 7.45. The van der Waals surface area contributed by atoms with E-state index < -0.39 is 0 Å². The number of thiophene rings is 1. The van der Waals surface area contributed by atoms with E-state index in [1.54, 1.807) is 29.7 Å². The van der Waals surface area contributed by atoms with Crippen LogP contribution in [0.2, 0.25) is 0 Å². The first-order chi connectivity index (χ1) is 9.78. The Hall–Kier alpha value is -2.14. The van der Waals surface area contributed by atoms with Crippen LogP contribution in [0, 0.1) is 0 Å². The lowest BCUT2D eigenvalue weighted by molar-refractivity contribution is -0.123. The van der Waals surface area contributed by atoms with E-state index in [1.807, 2.05) is 24.3 Å². The van der Waals surface area contributed by atoms with E-state index >= 15 is 0 Å². The predicted octanol–water partition coefficient (Wildman–Crippen LogP) is 2.84. The fourth-order valence-corrected chi connectivity index (χ4v) is 2.34. The smallest absolute Gasteiger partial charge is 0.277 e. The molecule has 0 spiro atoms. The molecule has 0 atom stereocenters. The number of carbonyl (C=O) groups is 1. The summed E-state index contributed by atoms with van der Waals surface area (Å²) in [5.41, 5.74) is 2.44. The van der Waals surface area contributed by atoms with Gasteiger partial charge in [-0.2, -0.15) is 5.10 Å². The molecule has 5 heteroatoms. The van der Waals surface area contributed by atoms with Crippen molar-refractivity contribution < 1.29 is 9.53 Å². The molecule has 0 aliphatic heterocycles. The molecule has 0 aliphatic rings. The molecule has 0 saturated heterocycles. The Labute approximate surface area is 122 Å². The number of carbonyl (C=O) groups excluding carboxylic acids is 1. The number of benzene rings is 1. The van der Waals surface area contributed by atoms with Gasteiger partial charge >= 0.3 is 0 Å². The zero-order valence-corrected chi connectivity index (χ0v) is 12.0. The van der Waals surface area contributed by atoms with Crippen molar-refractivity contribution in [2.45, 2.75) is 13.3 Å². The van der Waals surface area contributed by atoms with Gasteiger partial charge in [-0.05, 0) is 30.7 Å². The average molecular weight is 288 g/mol. The minimum atomic E-state index is -0.280. The molecule has 20 heavy (non-hydrogen) atoms. The molecule has 1 aromatic carbocycles. The summed E-state index contributed by atoms with van der Waals surface area (Å²) in [6.07, 6.45) is 2.65. The van der Waals surface area contributed by atoms with Crippen molar-refractivity contribution >= 4 is 23.5 Å². The number of nitrogens with one attached hydrogen (secondary N) is 1. The summed E-state index contributed by atoms with van der Waals surface area (Å²) in [5, 5.41) is 3.91. The number of ether oxygens (including phenoxy) is 1. The molecule has 0 radical (unpaired) electrons. The molecule has 1 aromatic heterocycles. The van der Waals surface area contributed by atoms with Crippen LogP contribution in [0.1, 0.15) is 16.7 Å². The van der Waals surface area contributed by atoms with Crippen LogP contribution >= 0.6 is 11.3 Å². The van der Waals surface area contributed by atoms with Crippen LogP contribution in [0.3, 0.4) is 0 Å². The van der Waals surface area contributed by atoms with Crippen LogP contribution in [-0.2, 0) is 11.2 Å². The third-order valence-corrected chi connectivity index (χ3v) is 3.69. The van der Waals surface area contributed by atoms with Crippen LogP contribution in [0.4, 0.5) is 0 Å². The lowest BCUT2D eigenvalue weighted by Crippen LogP contribution is -2.24. The molecular formula is C15H16N2O2S. The molecule has 1 N–H and O–H groups in total. The molecule has 0 bridgehead atoms. The number of amides is 1. The molecule has 0 unspecified atom stereocenters. The number of aryl methyl sites for hydroxylation is 1. The van der Waals surface area contributed by atoms with E-state index in [4.69, 9.17) is 4.74 Å². The maximum atomic E-state index is 11.5. The minimum Gasteiger partial charge on any atom is -0.484 e. The second-order valence-corrected chi connectivity index (χ2v) is 5.25. The van der Waals surface area contributed by atoms with Gasteiger partial charge in [0.15, 0.2) is 6.61 Å². The van der Waals surface area contributed by atoms with Gasteiger partial charge in [0.25, 0.3) is 5.91 Å². The van der Waals surface area contributed by atoms with Gasteiger partial charge in [-0.15, -0.1) is 11.3 Å². The Kier molecular flexibility index (Phi) is 5.32. The standard InChI is InChI=1S/C15H16N2O2S/c1-2-13-8-9-14(20-13)10-16-17-15(18)11-19-12-6-4-3-5-7-12/h3-10H,2,11H2,1H3,(H,17,18)/b16-10+. The maximum absolute atomic E-state index is 11.5. The van der Waals surface area contributed by atoms with Crippen molar-refractivity contribution in [3.8, 4) is 5.75 Å². The Bertz CT molecular complexity index is 579. The molecule has 104 valence electrons. The monoisotopic (exact) mass is 288 g/mol. The highest BCUT2D eigenvalue weighted by atomic mass is 32.1. The van der Waals surface area contributed by atoms with Gasteiger partial charge in [-0.3, -0.25) is 4.79 Å². The van der Waals surface area contributed by atoms with E-state index in [9.17, 15) is 4.79 Å². The van der Waals surface area contributed by atoms with Gasteiger partial charge in [-0.1, -0.05) is 25.1 Å². The molecular weight excluding hydrogens is 272 g/mol. The largest absolute Gasteiger partial charge is 0.484 e. The minimum absolute atomic E-state index is 0.0496. The Balaban J connectivity index is 1.74. The third kappa shape index (κ3) is 4.51. The average Bonchev–Trinajstić information content (AvgIpc) is 2.94. The van der Waals surface area contributed by atoms with Crippen molar-refractivity contribution in [3.05, 3.63) is 52.2 Å². The topological polar surface area (TPSA) is 50.7 Å². The van der Waals surface area contributed by atoms with Gasteiger partial charge < -0.3 is 4.74 Å². The fraction of sp³-hybridized carbons (Fsp3) is 0.200. The normalized spacial score (nSPS) is 10.7. The number of rotatable bonds is 6. The SMILES string of the molecule is CCc1ccc(/C=N/NC(=O)COc2ccccc2)s1. The highest BCUT2D eigenvalue weighted by molar-refractivity contribution is 7.13. The van der Waals surface area contributed by atoms with E-state index in [2.05, 4.69) is 23.5 Å². The van der Waals surface area contributed by atoms with Crippen LogP contribution in [0.15, 0.2) is 47.6 Å². The van der Waals surface area contributed by atoms with Crippen molar-refractivity contribution in [1.29, 1.82) is 0 Å². The molecule has 4 nitrogen and oxygen atoms in total. The molecule has 0 aliphatic carbocycles. The molecule has 0 fully saturated rings. The van der Waals surface area contributed by atoms with Crippen molar-refractivity contribution in [2.75, 3.05) is 6.61 Å². The summed E-state index contributed by atoms with van der Waals surface area (Å²) in [6.45, 7) is 2.06. The van der Waals surface area contributed by atoms with Crippen molar-refractivity contribution in [1.82, 2.24) is 5.43 Å². The number of para-hydroxylation sites is 1. The highest BCUT2D eigenvalue weighted by Gasteiger charge is 2.01. The van der Waals surface area contributed by atoms with Crippen LogP contribution in [0.5, 0.6) is 5.75 Å². The van der Waals surface area contributed by atoms with Gasteiger partial charge in [-0.25, -0.2) is 5.43 Å². The molecule has 0 saturated carbocycles. The first-order valence-corrected chi connectivity index (χ1v) is 7.18. The zero-order valence-electron chi connectivity index (χ0n) is 11.2. The van der Waals surface area contributed by atoms with E-state index in [1.165, 1.54) is 4.88 Å². The van der Waals surface area contributed by atoms with E-state index in [-0.39, 0.29) is 12.5 Å². The predicted molar refractivity (Wildman–Crippen MR) is 81.4 cm³/mol. The summed E-state index contributed by atoms with van der Waals surface area (Å²) in [4.78, 5) is 13.8. The Morgan fingerprint density at radius 3 is 2.80 bits per heavy atom. The summed E-state index contributed by atoms with van der Waals surface area (Å²) in [7, 11) is 0. The molecule has 2 rings (SSSR count). The van der Waals surface area contributed by atoms with Crippen LogP contribution in [0.25, 0.3) is 0 Å². The van der Waals surface area contributed by atoms with Gasteiger partial charge in [0, 0.05) is 9.75 Å². The quantitative estimate of drug-likeness (QED) is 0.656. The first kappa shape index (κ1) is 14.3. The van der Waals surface area contributed by atoms with Gasteiger partial charge in [0.2, 0.25) is 0 Å². The second-order valence-electron chi connectivity index (χ2n) is 4.05. The number of hydrazone groups is 1. The van der Waals surface area contributed by atoms with Gasteiger partial charge in [0.1, 0.15) is 5.75 Å². The van der Waals surface area contributed by atoms with E-state index in [0.717, 1.165) is 11.3 Å². The third-order valence-electron chi connectivity index (χ3n) is 2.53. The summed E-state index contributed by atoms with van der Waals surface area (Å²) in [5.74, 6) is 0.384. The molecule has 1 heterocycles. The van der Waals surface area contributed by atoms with Crippen LogP contribution < -0.4 is 10.2 Å². The number of nitrogens with zero attached hydrogens (tertiary/aromatic N) is 1. The van der Waals surface area contributed by atoms with Crippen molar-refractivity contribution in [2.24, 2.45) is 5.10 Å². The lowest BCUT2D eigenvalue weighted by Gasteiger charge is -2.03. The fourth-order valence-electron chi connectivity index (χ4n) is 1.52. The van der Waals surface area contributed by atoms with Crippen LogP contribution in [-0.4, -0.2) is 18.7 Å². The number of hydrogen-bond donors (Lipinski definition) is 1. The first-order valence-electron chi connectivity index (χ1n) is 6.36. The summed E-state index contributed by atoms with van der Waals surface area (Å²) < 4.78 is 5.31.